The average molecular weight is 312 g/mol. The summed E-state index contributed by atoms with van der Waals surface area (Å²) < 4.78 is 14.6. The number of nitrogens with zero attached hydrogens (tertiary/aromatic N) is 1. The van der Waals surface area contributed by atoms with Crippen LogP contribution in [0, 0.1) is 11.7 Å². The summed E-state index contributed by atoms with van der Waals surface area (Å²) in [5.74, 6) is 0.570. The van der Waals surface area contributed by atoms with E-state index in [0.29, 0.717) is 27.5 Å². The van der Waals surface area contributed by atoms with E-state index in [0.717, 1.165) is 12.0 Å². The molecule has 0 aliphatic rings. The fraction of sp³-hybridized carbons (Fsp3) is 0.308. The molecule has 5 heteroatoms. The van der Waals surface area contributed by atoms with Gasteiger partial charge in [-0.15, -0.1) is 0 Å². The molecule has 18 heavy (non-hydrogen) atoms. The molecular formula is C13H15BrFN3. The second-order valence-electron chi connectivity index (χ2n) is 4.66. The van der Waals surface area contributed by atoms with E-state index >= 15 is 0 Å². The Morgan fingerprint density at radius 2 is 2.17 bits per heavy atom. The smallest absolute Gasteiger partial charge is 0.149 e. The highest BCUT2D eigenvalue weighted by Gasteiger charge is 2.18. The zero-order valence-electron chi connectivity index (χ0n) is 10.3. The molecule has 3 nitrogen and oxygen atoms in total. The number of H-pyrrole nitrogens is 1. The van der Waals surface area contributed by atoms with Crippen molar-refractivity contribution in [2.75, 3.05) is 5.73 Å². The van der Waals surface area contributed by atoms with Gasteiger partial charge in [0.1, 0.15) is 11.6 Å². The highest BCUT2D eigenvalue weighted by molar-refractivity contribution is 9.10. The van der Waals surface area contributed by atoms with Gasteiger partial charge >= 0.3 is 0 Å². The fourth-order valence-electron chi connectivity index (χ4n) is 1.94. The number of anilines is 1. The normalized spacial score (nSPS) is 11.2. The van der Waals surface area contributed by atoms with Crippen LogP contribution < -0.4 is 5.73 Å². The van der Waals surface area contributed by atoms with Crippen LogP contribution in [0.1, 0.15) is 19.4 Å². The predicted molar refractivity (Wildman–Crippen MR) is 74.6 cm³/mol. The maximum Gasteiger partial charge on any atom is 0.149 e. The summed E-state index contributed by atoms with van der Waals surface area (Å²) in [6.07, 6.45) is 0.762. The molecule has 1 heterocycles. The Kier molecular flexibility index (Phi) is 3.71. The number of hydrogen-bond acceptors (Lipinski definition) is 2. The van der Waals surface area contributed by atoms with Gasteiger partial charge in [-0.25, -0.2) is 4.39 Å². The van der Waals surface area contributed by atoms with E-state index < -0.39 is 0 Å². The molecule has 0 saturated carbocycles. The molecule has 2 rings (SSSR count). The van der Waals surface area contributed by atoms with Crippen LogP contribution in [0.4, 0.5) is 10.2 Å². The van der Waals surface area contributed by atoms with Gasteiger partial charge < -0.3 is 5.73 Å². The largest absolute Gasteiger partial charge is 0.382 e. The van der Waals surface area contributed by atoms with E-state index in [2.05, 4.69) is 40.0 Å². The summed E-state index contributed by atoms with van der Waals surface area (Å²) in [5.41, 5.74) is 7.86. The minimum Gasteiger partial charge on any atom is -0.382 e. The van der Waals surface area contributed by atoms with E-state index in [1.165, 1.54) is 6.07 Å². The predicted octanol–water partition coefficient (Wildman–Crippen LogP) is 3.76. The summed E-state index contributed by atoms with van der Waals surface area (Å²) in [6.45, 7) is 4.18. The van der Waals surface area contributed by atoms with Gasteiger partial charge in [0.15, 0.2) is 0 Å². The standard InChI is InChI=1S/C13H15BrFN3/c1-7(2)6-8-12(17-18-13(8)16)11-9(14)4-3-5-10(11)15/h3-5,7H,6H2,1-2H3,(H3,16,17,18). The molecular weight excluding hydrogens is 297 g/mol. The zero-order chi connectivity index (χ0) is 13.3. The molecule has 0 bridgehead atoms. The lowest BCUT2D eigenvalue weighted by molar-refractivity contribution is 0.627. The second kappa shape index (κ2) is 5.10. The van der Waals surface area contributed by atoms with Gasteiger partial charge in [-0.2, -0.15) is 5.10 Å². The molecule has 0 amide bonds. The van der Waals surface area contributed by atoms with Gasteiger partial charge in [0.2, 0.25) is 0 Å². The van der Waals surface area contributed by atoms with Gasteiger partial charge in [0.05, 0.1) is 5.69 Å². The van der Waals surface area contributed by atoms with E-state index in [1.54, 1.807) is 12.1 Å². The van der Waals surface area contributed by atoms with Crippen molar-refractivity contribution in [2.24, 2.45) is 5.92 Å². The van der Waals surface area contributed by atoms with Crippen LogP contribution in [0.2, 0.25) is 0 Å². The first-order valence-corrected chi connectivity index (χ1v) is 6.57. The number of benzene rings is 1. The van der Waals surface area contributed by atoms with E-state index in [9.17, 15) is 4.39 Å². The maximum atomic E-state index is 13.9. The number of aromatic nitrogens is 2. The van der Waals surface area contributed by atoms with Gasteiger partial charge in [-0.3, -0.25) is 5.10 Å². The third kappa shape index (κ3) is 2.41. The molecule has 0 aliphatic carbocycles. The lowest BCUT2D eigenvalue weighted by atomic mass is 9.99. The lowest BCUT2D eigenvalue weighted by Gasteiger charge is -2.09. The van der Waals surface area contributed by atoms with Gasteiger partial charge in [0, 0.05) is 15.6 Å². The molecule has 0 unspecified atom stereocenters. The van der Waals surface area contributed by atoms with Crippen LogP contribution >= 0.6 is 15.9 Å². The number of aromatic amines is 1. The van der Waals surface area contributed by atoms with Crippen LogP contribution in [0.5, 0.6) is 0 Å². The average Bonchev–Trinajstić information content (AvgIpc) is 2.61. The summed E-state index contributed by atoms with van der Waals surface area (Å²) in [4.78, 5) is 0. The molecule has 0 spiro atoms. The van der Waals surface area contributed by atoms with Crippen LogP contribution in [0.15, 0.2) is 22.7 Å². The SMILES string of the molecule is CC(C)Cc1c(N)n[nH]c1-c1c(F)cccc1Br. The topological polar surface area (TPSA) is 54.7 Å². The highest BCUT2D eigenvalue weighted by atomic mass is 79.9. The number of rotatable bonds is 3. The van der Waals surface area contributed by atoms with Crippen molar-refractivity contribution >= 4 is 21.7 Å². The summed E-state index contributed by atoms with van der Waals surface area (Å²) in [5, 5.41) is 6.83. The molecule has 2 aromatic rings. The number of nitrogens with two attached hydrogens (primary N) is 1. The minimum absolute atomic E-state index is 0.293. The first kappa shape index (κ1) is 13.1. The zero-order valence-corrected chi connectivity index (χ0v) is 11.9. The Morgan fingerprint density at radius 1 is 1.44 bits per heavy atom. The van der Waals surface area contributed by atoms with E-state index in [-0.39, 0.29) is 5.82 Å². The highest BCUT2D eigenvalue weighted by Crippen LogP contribution is 2.34. The monoisotopic (exact) mass is 311 g/mol. The first-order valence-electron chi connectivity index (χ1n) is 5.77. The van der Waals surface area contributed by atoms with Crippen molar-refractivity contribution in [3.63, 3.8) is 0 Å². The van der Waals surface area contributed by atoms with Crippen molar-refractivity contribution < 1.29 is 4.39 Å². The molecule has 0 aliphatic heterocycles. The molecule has 3 N–H and O–H groups in total. The fourth-order valence-corrected chi connectivity index (χ4v) is 2.48. The van der Waals surface area contributed by atoms with Crippen LogP contribution in [0.25, 0.3) is 11.3 Å². The van der Waals surface area contributed by atoms with Gasteiger partial charge in [-0.05, 0) is 40.4 Å². The molecule has 0 radical (unpaired) electrons. The molecule has 0 saturated heterocycles. The number of nitrogens with one attached hydrogen (secondary N) is 1. The lowest BCUT2D eigenvalue weighted by Crippen LogP contribution is -2.00. The quantitative estimate of drug-likeness (QED) is 0.906. The molecule has 0 atom stereocenters. The van der Waals surface area contributed by atoms with Crippen molar-refractivity contribution in [3.05, 3.63) is 34.1 Å². The first-order chi connectivity index (χ1) is 8.50. The number of nitrogen functional groups attached to an aromatic ring is 1. The van der Waals surface area contributed by atoms with Crippen molar-refractivity contribution in [3.8, 4) is 11.3 Å². The van der Waals surface area contributed by atoms with Crippen molar-refractivity contribution in [2.45, 2.75) is 20.3 Å². The molecule has 1 aromatic carbocycles. The summed E-state index contributed by atoms with van der Waals surface area (Å²) in [7, 11) is 0. The summed E-state index contributed by atoms with van der Waals surface area (Å²) >= 11 is 3.36. The Balaban J connectivity index is 2.58. The molecule has 96 valence electrons. The number of hydrogen-bond donors (Lipinski definition) is 2. The van der Waals surface area contributed by atoms with Crippen LogP contribution in [-0.2, 0) is 6.42 Å². The van der Waals surface area contributed by atoms with Crippen molar-refractivity contribution in [1.29, 1.82) is 0 Å². The maximum absolute atomic E-state index is 13.9. The minimum atomic E-state index is -0.293. The third-order valence-electron chi connectivity index (χ3n) is 2.72. The second-order valence-corrected chi connectivity index (χ2v) is 5.51. The Bertz CT molecular complexity index is 543. The Hall–Kier alpha value is -1.36. The van der Waals surface area contributed by atoms with Crippen molar-refractivity contribution in [1.82, 2.24) is 10.2 Å². The summed E-state index contributed by atoms with van der Waals surface area (Å²) in [6, 6.07) is 4.88. The molecule has 1 aromatic heterocycles. The third-order valence-corrected chi connectivity index (χ3v) is 3.39. The van der Waals surface area contributed by atoms with Gasteiger partial charge in [-0.1, -0.05) is 19.9 Å². The Morgan fingerprint density at radius 3 is 2.78 bits per heavy atom. The number of halogens is 2. The van der Waals surface area contributed by atoms with E-state index in [4.69, 9.17) is 5.73 Å². The van der Waals surface area contributed by atoms with Crippen LogP contribution in [0.3, 0.4) is 0 Å². The van der Waals surface area contributed by atoms with E-state index in [1.807, 2.05) is 0 Å². The van der Waals surface area contributed by atoms with Gasteiger partial charge in [0.25, 0.3) is 0 Å². The Labute approximate surface area is 114 Å². The van der Waals surface area contributed by atoms with Crippen LogP contribution in [-0.4, -0.2) is 10.2 Å². The molecule has 0 fully saturated rings.